The Morgan fingerprint density at radius 1 is 0.484 bits per heavy atom. The summed E-state index contributed by atoms with van der Waals surface area (Å²) in [6, 6.07) is 17.2. The molecule has 2 nitrogen and oxygen atoms in total. The SMILES string of the molecule is CCCCCCCCOc1ccc(Pc2ccc(OCCCCCCCC)cc2)cc1. The summed E-state index contributed by atoms with van der Waals surface area (Å²) in [5.74, 6) is 1.97. The molecular formula is C28H43O2P. The fourth-order valence-electron chi connectivity index (χ4n) is 3.58. The number of benzene rings is 2. The highest BCUT2D eigenvalue weighted by atomic mass is 31.1. The van der Waals surface area contributed by atoms with Crippen LogP contribution in [0.2, 0.25) is 0 Å². The van der Waals surface area contributed by atoms with Gasteiger partial charge in [0, 0.05) is 0 Å². The monoisotopic (exact) mass is 442 g/mol. The second-order valence-electron chi connectivity index (χ2n) is 8.41. The molecule has 0 aliphatic heterocycles. The van der Waals surface area contributed by atoms with Gasteiger partial charge in [0.25, 0.3) is 0 Å². The molecule has 172 valence electrons. The van der Waals surface area contributed by atoms with Gasteiger partial charge in [0.05, 0.1) is 13.2 Å². The van der Waals surface area contributed by atoms with Crippen LogP contribution in [-0.4, -0.2) is 13.2 Å². The van der Waals surface area contributed by atoms with Gasteiger partial charge in [0.2, 0.25) is 0 Å². The van der Waals surface area contributed by atoms with E-state index in [0.717, 1.165) is 37.6 Å². The smallest absolute Gasteiger partial charge is 0.119 e. The van der Waals surface area contributed by atoms with Crippen molar-refractivity contribution in [2.24, 2.45) is 0 Å². The average Bonchev–Trinajstić information content (AvgIpc) is 2.80. The molecule has 0 saturated heterocycles. The van der Waals surface area contributed by atoms with E-state index in [1.807, 2.05) is 0 Å². The maximum absolute atomic E-state index is 5.89. The third kappa shape index (κ3) is 12.2. The molecule has 31 heavy (non-hydrogen) atoms. The van der Waals surface area contributed by atoms with E-state index in [0.29, 0.717) is 8.58 Å². The Kier molecular flexibility index (Phi) is 14.2. The number of unbranched alkanes of at least 4 members (excludes halogenated alkanes) is 10. The van der Waals surface area contributed by atoms with Crippen LogP contribution in [0.25, 0.3) is 0 Å². The highest BCUT2D eigenvalue weighted by molar-refractivity contribution is 7.55. The predicted molar refractivity (Wildman–Crippen MR) is 138 cm³/mol. The summed E-state index contributed by atoms with van der Waals surface area (Å²) in [6.07, 6.45) is 15.6. The second kappa shape index (κ2) is 17.1. The van der Waals surface area contributed by atoms with Gasteiger partial charge in [-0.1, -0.05) is 111 Å². The number of ether oxygens (including phenoxy) is 2. The van der Waals surface area contributed by atoms with E-state index in [-0.39, 0.29) is 0 Å². The molecule has 0 heterocycles. The molecule has 0 unspecified atom stereocenters. The van der Waals surface area contributed by atoms with Crippen LogP contribution in [0.4, 0.5) is 0 Å². The fourth-order valence-corrected chi connectivity index (χ4v) is 4.58. The van der Waals surface area contributed by atoms with E-state index in [1.165, 1.54) is 74.8 Å². The summed E-state index contributed by atoms with van der Waals surface area (Å²) in [5, 5.41) is 2.68. The van der Waals surface area contributed by atoms with Crippen LogP contribution in [0.15, 0.2) is 48.5 Å². The van der Waals surface area contributed by atoms with E-state index in [9.17, 15) is 0 Å². The highest BCUT2D eigenvalue weighted by Gasteiger charge is 2.00. The summed E-state index contributed by atoms with van der Waals surface area (Å²) in [4.78, 5) is 0. The molecule has 0 spiro atoms. The van der Waals surface area contributed by atoms with E-state index in [4.69, 9.17) is 9.47 Å². The largest absolute Gasteiger partial charge is 0.494 e. The van der Waals surface area contributed by atoms with Crippen LogP contribution in [0, 0.1) is 0 Å². The normalized spacial score (nSPS) is 10.9. The second-order valence-corrected chi connectivity index (χ2v) is 9.81. The fraction of sp³-hybridized carbons (Fsp3) is 0.571. The van der Waals surface area contributed by atoms with Gasteiger partial charge in [-0.15, -0.1) is 0 Å². The van der Waals surface area contributed by atoms with Crippen molar-refractivity contribution in [2.75, 3.05) is 13.2 Å². The number of hydrogen-bond donors (Lipinski definition) is 0. The van der Waals surface area contributed by atoms with Crippen LogP contribution < -0.4 is 20.1 Å². The lowest BCUT2D eigenvalue weighted by Gasteiger charge is -2.09. The summed E-state index contributed by atoms with van der Waals surface area (Å²) in [6.45, 7) is 6.17. The first-order valence-electron chi connectivity index (χ1n) is 12.5. The molecule has 0 amide bonds. The Hall–Kier alpha value is -1.53. The molecular weight excluding hydrogens is 399 g/mol. The van der Waals surface area contributed by atoms with E-state index in [2.05, 4.69) is 62.4 Å². The van der Waals surface area contributed by atoms with Crippen molar-refractivity contribution < 1.29 is 9.47 Å². The minimum absolute atomic E-state index is 0.662. The first kappa shape index (κ1) is 25.7. The van der Waals surface area contributed by atoms with Crippen LogP contribution >= 0.6 is 8.58 Å². The van der Waals surface area contributed by atoms with Crippen molar-refractivity contribution in [3.8, 4) is 11.5 Å². The Labute approximate surface area is 192 Å². The molecule has 0 bridgehead atoms. The molecule has 0 radical (unpaired) electrons. The molecule has 0 saturated carbocycles. The zero-order valence-corrected chi connectivity index (χ0v) is 20.8. The zero-order chi connectivity index (χ0) is 22.0. The van der Waals surface area contributed by atoms with Crippen molar-refractivity contribution >= 4 is 19.2 Å². The van der Waals surface area contributed by atoms with Gasteiger partial charge in [-0.3, -0.25) is 0 Å². The third-order valence-electron chi connectivity index (χ3n) is 5.53. The average molecular weight is 443 g/mol. The number of hydrogen-bond acceptors (Lipinski definition) is 2. The van der Waals surface area contributed by atoms with Crippen molar-refractivity contribution in [3.05, 3.63) is 48.5 Å². The van der Waals surface area contributed by atoms with E-state index < -0.39 is 0 Å². The van der Waals surface area contributed by atoms with Crippen LogP contribution in [0.1, 0.15) is 90.9 Å². The van der Waals surface area contributed by atoms with Gasteiger partial charge >= 0.3 is 0 Å². The quantitative estimate of drug-likeness (QED) is 0.173. The molecule has 0 aromatic heterocycles. The minimum Gasteiger partial charge on any atom is -0.494 e. The molecule has 0 atom stereocenters. The van der Waals surface area contributed by atoms with Gasteiger partial charge in [-0.2, -0.15) is 0 Å². The van der Waals surface area contributed by atoms with Crippen molar-refractivity contribution in [2.45, 2.75) is 90.9 Å². The van der Waals surface area contributed by atoms with Crippen molar-refractivity contribution in [3.63, 3.8) is 0 Å². The van der Waals surface area contributed by atoms with Gasteiger partial charge in [0.1, 0.15) is 11.5 Å². The molecule has 2 aromatic rings. The van der Waals surface area contributed by atoms with Crippen molar-refractivity contribution in [1.82, 2.24) is 0 Å². The van der Waals surface area contributed by atoms with Gasteiger partial charge in [-0.05, 0) is 47.7 Å². The van der Waals surface area contributed by atoms with Crippen LogP contribution in [0.3, 0.4) is 0 Å². The Bertz CT molecular complexity index is 607. The first-order valence-corrected chi connectivity index (χ1v) is 13.5. The highest BCUT2D eigenvalue weighted by Crippen LogP contribution is 2.18. The predicted octanol–water partition coefficient (Wildman–Crippen LogP) is 7.79. The molecule has 3 heteroatoms. The maximum Gasteiger partial charge on any atom is 0.119 e. The lowest BCUT2D eigenvalue weighted by molar-refractivity contribution is 0.304. The topological polar surface area (TPSA) is 18.5 Å². The third-order valence-corrected chi connectivity index (χ3v) is 6.77. The minimum atomic E-state index is 0.662. The standard InChI is InChI=1S/C28H43O2P/c1-3-5-7-9-11-13-23-29-25-15-19-27(20-16-25)31-28-21-17-26(18-22-28)30-24-14-12-10-8-6-4-2/h15-22,31H,3-14,23-24H2,1-2H3. The molecule has 2 aromatic carbocycles. The van der Waals surface area contributed by atoms with Crippen LogP contribution in [0.5, 0.6) is 11.5 Å². The van der Waals surface area contributed by atoms with E-state index >= 15 is 0 Å². The molecule has 0 fully saturated rings. The Morgan fingerprint density at radius 3 is 1.23 bits per heavy atom. The lowest BCUT2D eigenvalue weighted by Crippen LogP contribution is -2.04. The van der Waals surface area contributed by atoms with E-state index in [1.54, 1.807) is 0 Å². The molecule has 0 aliphatic rings. The lowest BCUT2D eigenvalue weighted by atomic mass is 10.1. The van der Waals surface area contributed by atoms with Crippen molar-refractivity contribution in [1.29, 1.82) is 0 Å². The zero-order valence-electron chi connectivity index (χ0n) is 19.8. The molecule has 2 rings (SSSR count). The van der Waals surface area contributed by atoms with Gasteiger partial charge in [-0.25, -0.2) is 0 Å². The summed E-state index contributed by atoms with van der Waals surface area (Å²) < 4.78 is 11.8. The Morgan fingerprint density at radius 2 is 0.839 bits per heavy atom. The summed E-state index contributed by atoms with van der Waals surface area (Å²) in [5.41, 5.74) is 0. The van der Waals surface area contributed by atoms with Crippen LogP contribution in [-0.2, 0) is 0 Å². The Balaban J connectivity index is 1.61. The van der Waals surface area contributed by atoms with Gasteiger partial charge < -0.3 is 9.47 Å². The number of rotatable bonds is 18. The summed E-state index contributed by atoms with van der Waals surface area (Å²) in [7, 11) is 0.662. The molecule has 0 N–H and O–H groups in total. The van der Waals surface area contributed by atoms with Gasteiger partial charge in [0.15, 0.2) is 0 Å². The first-order chi connectivity index (χ1) is 15.3. The summed E-state index contributed by atoms with van der Waals surface area (Å²) >= 11 is 0. The molecule has 0 aliphatic carbocycles. The maximum atomic E-state index is 5.89.